The first-order chi connectivity index (χ1) is 12.1. The van der Waals surface area contributed by atoms with Crippen LogP contribution in [0.25, 0.3) is 0 Å². The number of hydrogen-bond acceptors (Lipinski definition) is 2. The maximum absolute atomic E-state index is 11.4. The van der Waals surface area contributed by atoms with Gasteiger partial charge in [-0.05, 0) is 78.3 Å². The first kappa shape index (κ1) is 15.3. The minimum absolute atomic E-state index is 0.206. The number of rotatable bonds is 2. The van der Waals surface area contributed by atoms with Crippen LogP contribution in [-0.2, 0) is 0 Å². The van der Waals surface area contributed by atoms with Crippen LogP contribution in [0.5, 0.6) is 0 Å². The van der Waals surface area contributed by atoms with Crippen molar-refractivity contribution >= 4 is 23.3 Å². The van der Waals surface area contributed by atoms with Crippen LogP contribution >= 0.6 is 11.6 Å². The molecule has 2 N–H and O–H groups in total. The summed E-state index contributed by atoms with van der Waals surface area (Å²) >= 11 is 6.53. The van der Waals surface area contributed by atoms with Crippen LogP contribution in [0.4, 0.5) is 5.69 Å². The highest BCUT2D eigenvalue weighted by Crippen LogP contribution is 2.64. The van der Waals surface area contributed by atoms with Gasteiger partial charge >= 0.3 is 5.97 Å². The Hall–Kier alpha value is -2.00. The molecule has 0 aromatic heterocycles. The number of carboxylic acid groups (broad SMARTS) is 1. The molecule has 128 valence electrons. The van der Waals surface area contributed by atoms with Crippen molar-refractivity contribution in [1.29, 1.82) is 0 Å². The Kier molecular flexibility index (Phi) is 3.36. The van der Waals surface area contributed by atoms with Crippen molar-refractivity contribution in [1.82, 2.24) is 0 Å². The Balaban J connectivity index is 1.65. The average Bonchev–Trinajstić information content (AvgIpc) is 3.23. The van der Waals surface area contributed by atoms with Crippen LogP contribution in [0.1, 0.15) is 52.7 Å². The molecular formula is C21H20ClNO2. The largest absolute Gasteiger partial charge is 0.478 e. The van der Waals surface area contributed by atoms with Crippen LogP contribution in [0.2, 0.25) is 5.02 Å². The highest BCUT2D eigenvalue weighted by atomic mass is 35.5. The summed E-state index contributed by atoms with van der Waals surface area (Å²) < 4.78 is 0. The predicted molar refractivity (Wildman–Crippen MR) is 98.3 cm³/mol. The second-order valence-corrected chi connectivity index (χ2v) is 8.09. The standard InChI is InChI=1S/C21H20ClNO2/c22-16-4-2-1-3-14(16)20-19-12-6-5-11(9-12)18(19)15-10-13(21(24)25)7-8-17(15)23-20/h1-4,7-8,10-12,18-20,23H,5-6,9H2,(H,24,25)/t11-,12+,18+,19-,20-/m0/s1. The topological polar surface area (TPSA) is 49.3 Å². The first-order valence-corrected chi connectivity index (χ1v) is 9.39. The molecule has 2 aromatic rings. The zero-order valence-corrected chi connectivity index (χ0v) is 14.5. The van der Waals surface area contributed by atoms with Crippen molar-refractivity contribution in [3.05, 3.63) is 64.2 Å². The van der Waals surface area contributed by atoms with Gasteiger partial charge in [0, 0.05) is 10.7 Å². The molecule has 0 spiro atoms. The van der Waals surface area contributed by atoms with E-state index in [0.717, 1.165) is 10.7 Å². The zero-order valence-electron chi connectivity index (χ0n) is 13.8. The number of halogens is 1. The fourth-order valence-corrected chi connectivity index (χ4v) is 5.91. The SMILES string of the molecule is O=C(O)c1ccc2c(c1)[C@H]1[C@H]3CC[C@H](C3)[C@@H]1[C@H](c1ccccc1Cl)N2. The lowest BCUT2D eigenvalue weighted by Gasteiger charge is -2.43. The summed E-state index contributed by atoms with van der Waals surface area (Å²) in [6, 6.07) is 13.8. The number of nitrogens with one attached hydrogen (secondary N) is 1. The molecule has 4 heteroatoms. The van der Waals surface area contributed by atoms with Gasteiger partial charge in [-0.25, -0.2) is 4.79 Å². The van der Waals surface area contributed by atoms with Crippen LogP contribution in [0.15, 0.2) is 42.5 Å². The van der Waals surface area contributed by atoms with E-state index >= 15 is 0 Å². The monoisotopic (exact) mass is 353 g/mol. The molecule has 5 rings (SSSR count). The molecule has 1 aliphatic heterocycles. The van der Waals surface area contributed by atoms with Crippen molar-refractivity contribution in [2.24, 2.45) is 17.8 Å². The van der Waals surface area contributed by atoms with E-state index in [-0.39, 0.29) is 6.04 Å². The lowest BCUT2D eigenvalue weighted by Crippen LogP contribution is -2.35. The average molecular weight is 354 g/mol. The molecule has 3 nitrogen and oxygen atoms in total. The zero-order chi connectivity index (χ0) is 17.1. The number of hydrogen-bond donors (Lipinski definition) is 2. The van der Waals surface area contributed by atoms with E-state index in [9.17, 15) is 9.90 Å². The van der Waals surface area contributed by atoms with Gasteiger partial charge in [-0.3, -0.25) is 0 Å². The van der Waals surface area contributed by atoms with Crippen molar-refractivity contribution in [3.8, 4) is 0 Å². The van der Waals surface area contributed by atoms with Gasteiger partial charge in [0.2, 0.25) is 0 Å². The molecular weight excluding hydrogens is 334 g/mol. The molecule has 25 heavy (non-hydrogen) atoms. The summed E-state index contributed by atoms with van der Waals surface area (Å²) in [5.74, 6) is 1.46. The summed E-state index contributed by atoms with van der Waals surface area (Å²) in [6.07, 6.45) is 3.80. The molecule has 2 bridgehead atoms. The number of benzene rings is 2. The van der Waals surface area contributed by atoms with Gasteiger partial charge in [-0.15, -0.1) is 0 Å². The summed E-state index contributed by atoms with van der Waals surface area (Å²) in [5.41, 5.74) is 3.82. The summed E-state index contributed by atoms with van der Waals surface area (Å²) in [7, 11) is 0. The van der Waals surface area contributed by atoms with Crippen LogP contribution < -0.4 is 5.32 Å². The molecule has 0 amide bonds. The molecule has 2 saturated carbocycles. The predicted octanol–water partition coefficient (Wildman–Crippen LogP) is 5.33. The van der Waals surface area contributed by atoms with Crippen molar-refractivity contribution in [2.75, 3.05) is 5.32 Å². The minimum Gasteiger partial charge on any atom is -0.478 e. The number of carbonyl (C=O) groups is 1. The second-order valence-electron chi connectivity index (χ2n) is 7.69. The van der Waals surface area contributed by atoms with Crippen LogP contribution in [0.3, 0.4) is 0 Å². The fraction of sp³-hybridized carbons (Fsp3) is 0.381. The van der Waals surface area contributed by atoms with E-state index in [2.05, 4.69) is 11.4 Å². The van der Waals surface area contributed by atoms with Gasteiger partial charge in [0.1, 0.15) is 0 Å². The third-order valence-electron chi connectivity index (χ3n) is 6.57. The van der Waals surface area contributed by atoms with Gasteiger partial charge in [0.25, 0.3) is 0 Å². The fourth-order valence-electron chi connectivity index (χ4n) is 5.66. The highest BCUT2D eigenvalue weighted by Gasteiger charge is 2.54. The molecule has 5 atom stereocenters. The van der Waals surface area contributed by atoms with Crippen molar-refractivity contribution in [2.45, 2.75) is 31.2 Å². The maximum atomic E-state index is 11.4. The van der Waals surface area contributed by atoms with Crippen molar-refractivity contribution < 1.29 is 9.90 Å². The van der Waals surface area contributed by atoms with E-state index in [4.69, 9.17) is 11.6 Å². The molecule has 2 aromatic carbocycles. The van der Waals surface area contributed by atoms with Gasteiger partial charge in [0.05, 0.1) is 11.6 Å². The molecule has 0 radical (unpaired) electrons. The quantitative estimate of drug-likeness (QED) is 0.766. The van der Waals surface area contributed by atoms with Gasteiger partial charge in [0.15, 0.2) is 0 Å². The first-order valence-electron chi connectivity index (χ1n) is 9.01. The number of fused-ring (bicyclic) bond motifs is 7. The smallest absolute Gasteiger partial charge is 0.335 e. The van der Waals surface area contributed by atoms with Crippen molar-refractivity contribution in [3.63, 3.8) is 0 Å². The summed E-state index contributed by atoms with van der Waals surface area (Å²) in [5, 5.41) is 13.9. The number of anilines is 1. The Morgan fingerprint density at radius 1 is 1.08 bits per heavy atom. The van der Waals surface area contributed by atoms with E-state index in [1.54, 1.807) is 6.07 Å². The lowest BCUT2D eigenvalue weighted by molar-refractivity contribution is 0.0696. The van der Waals surface area contributed by atoms with E-state index in [0.29, 0.717) is 29.2 Å². The lowest BCUT2D eigenvalue weighted by atomic mass is 9.68. The molecule has 0 saturated heterocycles. The molecule has 3 aliphatic rings. The summed E-state index contributed by atoms with van der Waals surface area (Å²) in [4.78, 5) is 11.4. The Morgan fingerprint density at radius 3 is 2.68 bits per heavy atom. The molecule has 2 fully saturated rings. The third-order valence-corrected chi connectivity index (χ3v) is 6.92. The van der Waals surface area contributed by atoms with E-state index in [1.807, 2.05) is 30.3 Å². The summed E-state index contributed by atoms with van der Waals surface area (Å²) in [6.45, 7) is 0. The van der Waals surface area contributed by atoms with Crippen LogP contribution in [-0.4, -0.2) is 11.1 Å². The second kappa shape index (κ2) is 5.50. The maximum Gasteiger partial charge on any atom is 0.335 e. The van der Waals surface area contributed by atoms with Gasteiger partial charge in [-0.1, -0.05) is 29.8 Å². The van der Waals surface area contributed by atoms with E-state index in [1.165, 1.54) is 30.4 Å². The number of aromatic carboxylic acids is 1. The molecule has 0 unspecified atom stereocenters. The molecule has 1 heterocycles. The number of carboxylic acids is 1. The Labute approximate surface area is 152 Å². The Bertz CT molecular complexity index is 865. The van der Waals surface area contributed by atoms with Gasteiger partial charge < -0.3 is 10.4 Å². The van der Waals surface area contributed by atoms with E-state index < -0.39 is 5.97 Å². The minimum atomic E-state index is -0.851. The normalized spacial score (nSPS) is 32.0. The van der Waals surface area contributed by atoms with Gasteiger partial charge in [-0.2, -0.15) is 0 Å². The third kappa shape index (κ3) is 2.22. The highest BCUT2D eigenvalue weighted by molar-refractivity contribution is 6.31. The molecule has 2 aliphatic carbocycles. The van der Waals surface area contributed by atoms with Crippen LogP contribution in [0, 0.1) is 17.8 Å². The Morgan fingerprint density at radius 2 is 1.88 bits per heavy atom.